The lowest BCUT2D eigenvalue weighted by Gasteiger charge is -2.33. The van der Waals surface area contributed by atoms with Gasteiger partial charge in [0.25, 0.3) is 0 Å². The molecule has 0 unspecified atom stereocenters. The number of hydrogen-bond acceptors (Lipinski definition) is 2. The minimum absolute atomic E-state index is 0.474. The molecule has 0 N–H and O–H groups in total. The van der Waals surface area contributed by atoms with E-state index in [1.807, 2.05) is 0 Å². The van der Waals surface area contributed by atoms with Gasteiger partial charge in [-0.1, -0.05) is 11.6 Å². The van der Waals surface area contributed by atoms with E-state index >= 15 is 0 Å². The Hall–Kier alpha value is -1.13. The molecular formula is C9H6ClF9O2. The van der Waals surface area contributed by atoms with E-state index in [4.69, 9.17) is 11.6 Å². The van der Waals surface area contributed by atoms with E-state index < -0.39 is 42.9 Å². The Balaban J connectivity index is 5.01. The number of alkyl halides is 9. The molecule has 0 saturated carbocycles. The van der Waals surface area contributed by atoms with E-state index in [1.165, 1.54) is 0 Å². The number of halogens is 10. The monoisotopic (exact) mass is 352 g/mol. The molecule has 0 aliphatic carbocycles. The smallest absolute Gasteiger partial charge is 0.460 e. The summed E-state index contributed by atoms with van der Waals surface area (Å²) in [5.41, 5.74) is 0.576. The summed E-state index contributed by atoms with van der Waals surface area (Å²) in [6.45, 7) is -1.52. The molecule has 0 aliphatic rings. The van der Waals surface area contributed by atoms with Crippen molar-refractivity contribution in [2.24, 2.45) is 0 Å². The predicted molar refractivity (Wildman–Crippen MR) is 51.5 cm³/mol. The van der Waals surface area contributed by atoms with Gasteiger partial charge in [0.15, 0.2) is 0 Å². The van der Waals surface area contributed by atoms with Gasteiger partial charge < -0.3 is 4.74 Å². The van der Waals surface area contributed by atoms with E-state index in [0.29, 0.717) is 11.6 Å². The second-order valence-electron chi connectivity index (χ2n) is 3.56. The fraction of sp³-hybridized carbons (Fsp3) is 0.667. The molecule has 0 fully saturated rings. The van der Waals surface area contributed by atoms with Crippen LogP contribution in [-0.2, 0) is 9.53 Å². The molecule has 0 spiro atoms. The van der Waals surface area contributed by atoms with Crippen molar-refractivity contribution >= 4 is 17.6 Å². The van der Waals surface area contributed by atoms with Crippen molar-refractivity contribution in [1.82, 2.24) is 0 Å². The SMILES string of the molecule is O=C(C=CCl)OCCC(F)(F)C(F)(F)C(F)(F)C(F)(F)F. The van der Waals surface area contributed by atoms with Gasteiger partial charge in [-0.3, -0.25) is 0 Å². The Morgan fingerprint density at radius 2 is 1.43 bits per heavy atom. The number of rotatable bonds is 6. The van der Waals surface area contributed by atoms with Crippen molar-refractivity contribution in [3.63, 3.8) is 0 Å². The maximum atomic E-state index is 12.9. The summed E-state index contributed by atoms with van der Waals surface area (Å²) in [6, 6.07) is 0. The van der Waals surface area contributed by atoms with Crippen LogP contribution >= 0.6 is 11.6 Å². The number of hydrogen-bond donors (Lipinski definition) is 0. The van der Waals surface area contributed by atoms with Gasteiger partial charge >= 0.3 is 29.9 Å². The van der Waals surface area contributed by atoms with Crippen molar-refractivity contribution < 1.29 is 49.0 Å². The van der Waals surface area contributed by atoms with Gasteiger partial charge in [-0.2, -0.15) is 39.5 Å². The Morgan fingerprint density at radius 1 is 0.952 bits per heavy atom. The molecule has 2 nitrogen and oxygen atoms in total. The van der Waals surface area contributed by atoms with Crippen molar-refractivity contribution in [3.8, 4) is 0 Å². The second kappa shape index (κ2) is 6.32. The van der Waals surface area contributed by atoms with Gasteiger partial charge in [0.1, 0.15) is 0 Å². The third-order valence-electron chi connectivity index (χ3n) is 2.07. The lowest BCUT2D eigenvalue weighted by atomic mass is 10.0. The lowest BCUT2D eigenvalue weighted by Crippen LogP contribution is -2.61. The van der Waals surface area contributed by atoms with Gasteiger partial charge in [-0.15, -0.1) is 0 Å². The van der Waals surface area contributed by atoms with Crippen LogP contribution in [-0.4, -0.2) is 36.5 Å². The molecule has 0 aliphatic heterocycles. The molecule has 0 aromatic rings. The molecule has 0 atom stereocenters. The van der Waals surface area contributed by atoms with Crippen LogP contribution in [0.25, 0.3) is 0 Å². The first kappa shape index (κ1) is 19.9. The fourth-order valence-corrected chi connectivity index (χ4v) is 1.05. The van der Waals surface area contributed by atoms with Crippen molar-refractivity contribution in [1.29, 1.82) is 0 Å². The molecular weight excluding hydrogens is 347 g/mol. The highest BCUT2D eigenvalue weighted by atomic mass is 35.5. The van der Waals surface area contributed by atoms with Crippen LogP contribution in [0.2, 0.25) is 0 Å². The Bertz CT molecular complexity index is 403. The summed E-state index contributed by atoms with van der Waals surface area (Å²) in [5.74, 6) is -20.8. The van der Waals surface area contributed by atoms with Gasteiger partial charge in [0, 0.05) is 11.6 Å². The Morgan fingerprint density at radius 3 is 1.81 bits per heavy atom. The van der Waals surface area contributed by atoms with Crippen molar-refractivity contribution in [2.45, 2.75) is 30.4 Å². The van der Waals surface area contributed by atoms with Crippen LogP contribution in [0.5, 0.6) is 0 Å². The molecule has 0 radical (unpaired) electrons. The van der Waals surface area contributed by atoms with Gasteiger partial charge in [-0.05, 0) is 0 Å². The standard InChI is InChI=1S/C9H6ClF9O2/c10-3-1-5(20)21-4-2-6(11,12)7(13,14)8(15,16)9(17,18)19/h1,3H,2,4H2. The zero-order valence-corrected chi connectivity index (χ0v) is 10.4. The topological polar surface area (TPSA) is 26.3 Å². The molecule has 0 heterocycles. The highest BCUT2D eigenvalue weighted by Crippen LogP contribution is 2.53. The highest BCUT2D eigenvalue weighted by molar-refractivity contribution is 6.26. The normalized spacial score (nSPS) is 14.6. The fourth-order valence-electron chi connectivity index (χ4n) is 0.944. The van der Waals surface area contributed by atoms with Crippen LogP contribution in [0, 0.1) is 0 Å². The van der Waals surface area contributed by atoms with Crippen molar-refractivity contribution in [3.05, 3.63) is 11.6 Å². The summed E-state index contributed by atoms with van der Waals surface area (Å²) in [7, 11) is 0. The summed E-state index contributed by atoms with van der Waals surface area (Å²) >= 11 is 4.87. The maximum absolute atomic E-state index is 12.9. The molecule has 0 amide bonds. The average Bonchev–Trinajstić information content (AvgIpc) is 2.26. The molecule has 21 heavy (non-hydrogen) atoms. The third kappa shape index (κ3) is 4.17. The number of carbonyl (C=O) groups is 1. The first-order chi connectivity index (χ1) is 9.20. The van der Waals surface area contributed by atoms with E-state index in [9.17, 15) is 44.3 Å². The first-order valence-electron chi connectivity index (χ1n) is 4.84. The van der Waals surface area contributed by atoms with Crippen LogP contribution in [0.4, 0.5) is 39.5 Å². The van der Waals surface area contributed by atoms with Crippen LogP contribution in [0.3, 0.4) is 0 Å². The molecule has 0 aromatic carbocycles. The molecule has 124 valence electrons. The van der Waals surface area contributed by atoms with Gasteiger partial charge in [0.2, 0.25) is 0 Å². The summed E-state index contributed by atoms with van der Waals surface area (Å²) in [4.78, 5) is 10.6. The van der Waals surface area contributed by atoms with E-state index in [0.717, 1.165) is 0 Å². The largest absolute Gasteiger partial charge is 0.462 e. The van der Waals surface area contributed by atoms with Gasteiger partial charge in [0.05, 0.1) is 13.0 Å². The molecule has 0 bridgehead atoms. The van der Waals surface area contributed by atoms with E-state index in [1.54, 1.807) is 0 Å². The molecule has 0 rings (SSSR count). The third-order valence-corrected chi connectivity index (χ3v) is 2.20. The Kier molecular flexibility index (Phi) is 5.98. The lowest BCUT2D eigenvalue weighted by molar-refractivity contribution is -0.397. The van der Waals surface area contributed by atoms with Crippen LogP contribution in [0.15, 0.2) is 11.6 Å². The predicted octanol–water partition coefficient (Wildman–Crippen LogP) is 4.14. The molecule has 0 aromatic heterocycles. The quantitative estimate of drug-likeness (QED) is 0.408. The minimum atomic E-state index is -6.95. The number of esters is 1. The second-order valence-corrected chi connectivity index (χ2v) is 3.81. The van der Waals surface area contributed by atoms with Crippen LogP contribution in [0.1, 0.15) is 6.42 Å². The van der Waals surface area contributed by atoms with E-state index in [-0.39, 0.29) is 0 Å². The Labute approximate surface area is 116 Å². The summed E-state index contributed by atoms with van der Waals surface area (Å²) in [6.07, 6.45) is -8.65. The van der Waals surface area contributed by atoms with Gasteiger partial charge in [-0.25, -0.2) is 4.79 Å². The minimum Gasteiger partial charge on any atom is -0.462 e. The summed E-state index contributed by atoms with van der Waals surface area (Å²) in [5, 5.41) is 0. The van der Waals surface area contributed by atoms with Crippen molar-refractivity contribution in [2.75, 3.05) is 6.61 Å². The number of ether oxygens (including phenoxy) is 1. The molecule has 0 saturated heterocycles. The maximum Gasteiger partial charge on any atom is 0.460 e. The number of carbonyl (C=O) groups excluding carboxylic acids is 1. The van der Waals surface area contributed by atoms with E-state index in [2.05, 4.69) is 4.74 Å². The zero-order chi connectivity index (χ0) is 17.1. The summed E-state index contributed by atoms with van der Waals surface area (Å²) < 4.78 is 115. The zero-order valence-electron chi connectivity index (χ0n) is 9.67. The van der Waals surface area contributed by atoms with Crippen LogP contribution < -0.4 is 0 Å². The average molecular weight is 353 g/mol. The molecule has 12 heteroatoms. The highest BCUT2D eigenvalue weighted by Gasteiger charge is 2.81. The first-order valence-corrected chi connectivity index (χ1v) is 5.28.